The van der Waals surface area contributed by atoms with E-state index in [1.54, 1.807) is 13.0 Å². The molecule has 0 aromatic heterocycles. The molecule has 0 radical (unpaired) electrons. The summed E-state index contributed by atoms with van der Waals surface area (Å²) >= 11 is 0. The van der Waals surface area contributed by atoms with E-state index in [-0.39, 0.29) is 17.9 Å². The lowest BCUT2D eigenvalue weighted by Gasteiger charge is -2.25. The van der Waals surface area contributed by atoms with Crippen molar-refractivity contribution in [3.63, 3.8) is 0 Å². The summed E-state index contributed by atoms with van der Waals surface area (Å²) in [5.41, 5.74) is 0.893. The molecule has 0 N–H and O–H groups in total. The Balaban J connectivity index is 1.83. The lowest BCUT2D eigenvalue weighted by atomic mass is 10.1. The van der Waals surface area contributed by atoms with Crippen LogP contribution >= 0.6 is 0 Å². The molecular weight excluding hydrogens is 395 g/mol. The molecule has 0 bridgehead atoms. The van der Waals surface area contributed by atoms with Crippen LogP contribution < -0.4 is 9.75 Å². The summed E-state index contributed by atoms with van der Waals surface area (Å²) in [6, 6.07) is 9.64. The molecule has 0 spiro atoms. The van der Waals surface area contributed by atoms with Crippen molar-refractivity contribution < 1.29 is 27.6 Å². The van der Waals surface area contributed by atoms with E-state index < -0.39 is 23.2 Å². The highest BCUT2D eigenvalue weighted by Gasteiger charge is 2.36. The number of hydrogen-bond acceptors (Lipinski definition) is 8. The van der Waals surface area contributed by atoms with Gasteiger partial charge in [0.1, 0.15) is 5.69 Å². The van der Waals surface area contributed by atoms with Crippen molar-refractivity contribution in [2.24, 2.45) is 10.4 Å². The number of nitro groups is 1. The van der Waals surface area contributed by atoms with E-state index >= 15 is 0 Å². The average Bonchev–Trinajstić information content (AvgIpc) is 3.03. The van der Waals surface area contributed by atoms with Crippen molar-refractivity contribution in [1.82, 2.24) is 5.01 Å². The molecule has 1 atom stereocenters. The fourth-order valence-corrected chi connectivity index (χ4v) is 2.84. The van der Waals surface area contributed by atoms with Gasteiger partial charge in [-0.2, -0.15) is 0 Å². The molecule has 0 aliphatic carbocycles. The topological polar surface area (TPSA) is 101 Å². The number of nitrogens with zero attached hydrogens (tertiary/aromatic N) is 5. The number of anilines is 1. The number of rotatable bonds is 6. The minimum atomic E-state index is -4.92. The lowest BCUT2D eigenvalue weighted by molar-refractivity contribution is -0.385. The number of ether oxygens (including phenoxy) is 1. The first-order chi connectivity index (χ1) is 13.7. The molecule has 12 heteroatoms. The highest BCUT2D eigenvalue weighted by molar-refractivity contribution is 5.69. The number of para-hydroxylation sites is 2. The Morgan fingerprint density at radius 2 is 1.97 bits per heavy atom. The van der Waals surface area contributed by atoms with Gasteiger partial charge in [-0.05, 0) is 35.9 Å². The highest BCUT2D eigenvalue weighted by Crippen LogP contribution is 2.36. The monoisotopic (exact) mass is 409 g/mol. The molecule has 152 valence electrons. The standard InChI is InChI=1S/C17H14F3N5O4/c1-11-8-12(6-7-13(11)25(27)28)9-23-16(10-26)24(22-21-23)14-4-2-3-5-15(14)29-17(18,19)20/h2-8,10,16H,9H2,1H3. The maximum atomic E-state index is 12.7. The third-order valence-corrected chi connectivity index (χ3v) is 4.07. The molecule has 1 unspecified atom stereocenters. The molecule has 9 nitrogen and oxygen atoms in total. The Morgan fingerprint density at radius 1 is 1.24 bits per heavy atom. The molecule has 0 saturated heterocycles. The van der Waals surface area contributed by atoms with E-state index in [2.05, 4.69) is 15.2 Å². The quantitative estimate of drug-likeness (QED) is 0.407. The van der Waals surface area contributed by atoms with Gasteiger partial charge in [0, 0.05) is 11.6 Å². The van der Waals surface area contributed by atoms with Gasteiger partial charge >= 0.3 is 6.36 Å². The van der Waals surface area contributed by atoms with E-state index in [4.69, 9.17) is 0 Å². The highest BCUT2D eigenvalue weighted by atomic mass is 19.4. The molecule has 0 amide bonds. The van der Waals surface area contributed by atoms with Crippen molar-refractivity contribution in [1.29, 1.82) is 0 Å². The second-order valence-electron chi connectivity index (χ2n) is 6.06. The van der Waals surface area contributed by atoms with Gasteiger partial charge < -0.3 is 4.74 Å². The minimum absolute atomic E-state index is 0.0522. The Hall–Kier alpha value is -3.70. The van der Waals surface area contributed by atoms with Gasteiger partial charge in [-0.3, -0.25) is 14.9 Å². The van der Waals surface area contributed by atoms with Crippen LogP contribution in [0, 0.1) is 17.0 Å². The smallest absolute Gasteiger partial charge is 0.403 e. The Kier molecular flexibility index (Phi) is 5.35. The van der Waals surface area contributed by atoms with E-state index in [1.807, 2.05) is 0 Å². The van der Waals surface area contributed by atoms with Gasteiger partial charge in [-0.15, -0.1) is 13.2 Å². The van der Waals surface area contributed by atoms with Crippen LogP contribution in [-0.2, 0) is 11.3 Å². The van der Waals surface area contributed by atoms with Crippen molar-refractivity contribution >= 4 is 17.7 Å². The molecular formula is C17H14F3N5O4. The first-order valence-corrected chi connectivity index (χ1v) is 8.21. The van der Waals surface area contributed by atoms with Crippen LogP contribution in [0.3, 0.4) is 0 Å². The average molecular weight is 409 g/mol. The predicted molar refractivity (Wildman–Crippen MR) is 93.7 cm³/mol. The fourth-order valence-electron chi connectivity index (χ4n) is 2.84. The maximum absolute atomic E-state index is 12.7. The van der Waals surface area contributed by atoms with Gasteiger partial charge in [0.05, 0.1) is 11.5 Å². The van der Waals surface area contributed by atoms with E-state index in [1.165, 1.54) is 35.3 Å². The molecule has 1 aliphatic heterocycles. The van der Waals surface area contributed by atoms with Crippen LogP contribution in [0.5, 0.6) is 5.75 Å². The first-order valence-electron chi connectivity index (χ1n) is 8.21. The zero-order chi connectivity index (χ0) is 21.2. The molecule has 2 aromatic carbocycles. The van der Waals surface area contributed by atoms with Crippen molar-refractivity contribution in [2.75, 3.05) is 5.01 Å². The zero-order valence-corrected chi connectivity index (χ0v) is 14.9. The molecule has 0 fully saturated rings. The van der Waals surface area contributed by atoms with E-state index in [9.17, 15) is 28.1 Å². The summed E-state index contributed by atoms with van der Waals surface area (Å²) in [6.45, 7) is 1.63. The van der Waals surface area contributed by atoms with E-state index in [0.717, 1.165) is 11.1 Å². The minimum Gasteiger partial charge on any atom is -0.403 e. The Labute approximate surface area is 162 Å². The van der Waals surface area contributed by atoms with Gasteiger partial charge in [-0.25, -0.2) is 10.0 Å². The summed E-state index contributed by atoms with van der Waals surface area (Å²) in [5.74, 6) is -0.529. The zero-order valence-electron chi connectivity index (χ0n) is 14.9. The summed E-state index contributed by atoms with van der Waals surface area (Å²) in [6.07, 6.45) is -5.56. The van der Waals surface area contributed by atoms with Gasteiger partial charge in [0.25, 0.3) is 5.69 Å². The third-order valence-electron chi connectivity index (χ3n) is 4.07. The molecule has 29 heavy (non-hydrogen) atoms. The van der Waals surface area contributed by atoms with Crippen molar-refractivity contribution in [2.45, 2.75) is 26.0 Å². The molecule has 0 saturated carbocycles. The fraction of sp³-hybridized carbons (Fsp3) is 0.235. The molecule has 1 heterocycles. The predicted octanol–water partition coefficient (Wildman–Crippen LogP) is 3.93. The number of halogens is 3. The van der Waals surface area contributed by atoms with Crippen molar-refractivity contribution in [3.05, 3.63) is 63.7 Å². The maximum Gasteiger partial charge on any atom is 0.573 e. The largest absolute Gasteiger partial charge is 0.573 e. The van der Waals surface area contributed by atoms with Gasteiger partial charge in [0.2, 0.25) is 0 Å². The number of alkyl halides is 3. The first kappa shape index (κ1) is 20.0. The van der Waals surface area contributed by atoms with Crippen LogP contribution in [0.25, 0.3) is 0 Å². The van der Waals surface area contributed by atoms with Crippen LogP contribution in [0.4, 0.5) is 24.5 Å². The molecule has 2 aromatic rings. The number of carbonyl (C=O) groups is 1. The normalized spacial score (nSPS) is 16.2. The van der Waals surface area contributed by atoms with Crippen LogP contribution in [0.1, 0.15) is 11.1 Å². The number of aryl methyl sites for hydroxylation is 1. The van der Waals surface area contributed by atoms with Crippen LogP contribution in [0.15, 0.2) is 52.9 Å². The molecule has 1 aliphatic rings. The lowest BCUT2D eigenvalue weighted by Crippen LogP contribution is -2.39. The second kappa shape index (κ2) is 7.73. The number of aldehydes is 1. The number of nitro benzene ring substituents is 1. The van der Waals surface area contributed by atoms with Crippen molar-refractivity contribution in [3.8, 4) is 5.75 Å². The second-order valence-corrected chi connectivity index (χ2v) is 6.06. The number of hydrogen-bond donors (Lipinski definition) is 0. The summed E-state index contributed by atoms with van der Waals surface area (Å²) in [7, 11) is 0. The van der Waals surface area contributed by atoms with Crippen LogP contribution in [-0.4, -0.2) is 28.7 Å². The SMILES string of the molecule is Cc1cc(CN2N=NN(c3ccccc3OC(F)(F)F)C2C=O)ccc1[N+](=O)[O-]. The van der Waals surface area contributed by atoms with Gasteiger partial charge in [-0.1, -0.05) is 23.4 Å². The summed E-state index contributed by atoms with van der Waals surface area (Å²) < 4.78 is 42.0. The van der Waals surface area contributed by atoms with Gasteiger partial charge in [0.15, 0.2) is 18.2 Å². The number of carbonyl (C=O) groups excluding carboxylic acids is 1. The van der Waals surface area contributed by atoms with E-state index in [0.29, 0.717) is 17.4 Å². The Bertz CT molecular complexity index is 966. The summed E-state index contributed by atoms with van der Waals surface area (Å²) in [5, 5.41) is 20.8. The number of benzene rings is 2. The van der Waals surface area contributed by atoms with Crippen LogP contribution in [0.2, 0.25) is 0 Å². The molecule has 3 rings (SSSR count). The Morgan fingerprint density at radius 3 is 2.59 bits per heavy atom. The third kappa shape index (κ3) is 4.42. The summed E-state index contributed by atoms with van der Waals surface area (Å²) in [4.78, 5) is 22.1.